The van der Waals surface area contributed by atoms with Gasteiger partial charge in [-0.25, -0.2) is 4.21 Å². The first kappa shape index (κ1) is 12.4. The minimum Gasteiger partial charge on any atom is -0.750 e. The molecule has 0 aliphatic heterocycles. The SMILES string of the molecule is CC(C)OS(=O)[O-].[K+]. The summed E-state index contributed by atoms with van der Waals surface area (Å²) in [6.07, 6.45) is -0.238. The minimum atomic E-state index is -2.35. The Labute approximate surface area is 94.1 Å². The van der Waals surface area contributed by atoms with Crippen LogP contribution in [0, 0.1) is 0 Å². The number of hydrogen-bond acceptors (Lipinski definition) is 3. The predicted octanol–water partition coefficient (Wildman–Crippen LogP) is -2.79. The van der Waals surface area contributed by atoms with E-state index in [4.69, 9.17) is 0 Å². The molecule has 0 aromatic carbocycles. The third-order valence-electron chi connectivity index (χ3n) is 0.271. The summed E-state index contributed by atoms with van der Waals surface area (Å²) in [5.41, 5.74) is 0. The zero-order valence-corrected chi connectivity index (χ0v) is 9.15. The van der Waals surface area contributed by atoms with Crippen LogP contribution in [0.2, 0.25) is 0 Å². The summed E-state index contributed by atoms with van der Waals surface area (Å²) >= 11 is -2.35. The monoisotopic (exact) mass is 162 g/mol. The van der Waals surface area contributed by atoms with E-state index in [1.54, 1.807) is 13.8 Å². The zero-order valence-electron chi connectivity index (χ0n) is 5.21. The van der Waals surface area contributed by atoms with Crippen molar-refractivity contribution in [3.05, 3.63) is 0 Å². The van der Waals surface area contributed by atoms with Crippen LogP contribution in [0.25, 0.3) is 0 Å². The standard InChI is InChI=1S/C3H8O3S.K/c1-3(2)6-7(4)5;/h3H,1-2H3,(H,4,5);/q;+1/p-1. The maximum absolute atomic E-state index is 9.59. The van der Waals surface area contributed by atoms with Crippen molar-refractivity contribution in [2.24, 2.45) is 0 Å². The van der Waals surface area contributed by atoms with Gasteiger partial charge < -0.3 is 4.55 Å². The predicted molar refractivity (Wildman–Crippen MR) is 25.1 cm³/mol. The van der Waals surface area contributed by atoms with Gasteiger partial charge in [0.2, 0.25) is 0 Å². The first-order valence-electron chi connectivity index (χ1n) is 1.89. The molecule has 1 unspecified atom stereocenters. The number of hydrogen-bond donors (Lipinski definition) is 0. The Morgan fingerprint density at radius 3 is 2.00 bits per heavy atom. The molecule has 0 aliphatic rings. The van der Waals surface area contributed by atoms with Crippen LogP contribution in [0.4, 0.5) is 0 Å². The molecule has 3 nitrogen and oxygen atoms in total. The second-order valence-corrected chi connectivity index (χ2v) is 1.95. The molecular formula is C3H7KO3S. The van der Waals surface area contributed by atoms with E-state index >= 15 is 0 Å². The van der Waals surface area contributed by atoms with Gasteiger partial charge in [0.15, 0.2) is 0 Å². The second kappa shape index (κ2) is 6.82. The fourth-order valence-electron chi connectivity index (χ4n) is 0.157. The molecule has 44 valence electrons. The van der Waals surface area contributed by atoms with E-state index in [0.717, 1.165) is 0 Å². The summed E-state index contributed by atoms with van der Waals surface area (Å²) in [5.74, 6) is 0. The topological polar surface area (TPSA) is 49.4 Å². The molecule has 0 bridgehead atoms. The molecule has 0 aromatic heterocycles. The van der Waals surface area contributed by atoms with Crippen molar-refractivity contribution in [2.75, 3.05) is 0 Å². The Hall–Kier alpha value is 1.71. The first-order chi connectivity index (χ1) is 3.13. The Morgan fingerprint density at radius 2 is 2.00 bits per heavy atom. The third kappa shape index (κ3) is 10.6. The van der Waals surface area contributed by atoms with Gasteiger partial charge in [-0.2, -0.15) is 0 Å². The van der Waals surface area contributed by atoms with E-state index in [9.17, 15) is 8.76 Å². The zero-order chi connectivity index (χ0) is 5.86. The Morgan fingerprint density at radius 1 is 1.62 bits per heavy atom. The molecular weight excluding hydrogens is 155 g/mol. The van der Waals surface area contributed by atoms with Gasteiger partial charge in [0, 0.05) is 0 Å². The van der Waals surface area contributed by atoms with E-state index in [2.05, 4.69) is 4.18 Å². The summed E-state index contributed by atoms with van der Waals surface area (Å²) in [7, 11) is 0. The summed E-state index contributed by atoms with van der Waals surface area (Å²) in [5, 5.41) is 0. The molecule has 0 aliphatic carbocycles. The van der Waals surface area contributed by atoms with Gasteiger partial charge in [0.1, 0.15) is 0 Å². The normalized spacial score (nSPS) is 13.0. The van der Waals surface area contributed by atoms with E-state index in [1.807, 2.05) is 0 Å². The molecule has 0 N–H and O–H groups in total. The third-order valence-corrected chi connectivity index (χ3v) is 0.813. The largest absolute Gasteiger partial charge is 1.00 e. The van der Waals surface area contributed by atoms with Crippen LogP contribution >= 0.6 is 0 Å². The van der Waals surface area contributed by atoms with Crippen LogP contribution in [0.3, 0.4) is 0 Å². The van der Waals surface area contributed by atoms with E-state index in [0.29, 0.717) is 0 Å². The Bertz CT molecular complexity index is 74.9. The Kier molecular flexibility index (Phi) is 10.6. The van der Waals surface area contributed by atoms with Crippen LogP contribution in [-0.2, 0) is 15.5 Å². The maximum Gasteiger partial charge on any atom is 1.00 e. The van der Waals surface area contributed by atoms with Crippen molar-refractivity contribution < 1.29 is 64.3 Å². The van der Waals surface area contributed by atoms with Crippen molar-refractivity contribution >= 4 is 11.4 Å². The molecule has 0 amide bonds. The van der Waals surface area contributed by atoms with Crippen LogP contribution in [0.1, 0.15) is 13.8 Å². The number of rotatable bonds is 2. The molecule has 0 spiro atoms. The average molecular weight is 162 g/mol. The van der Waals surface area contributed by atoms with E-state index in [1.165, 1.54) is 0 Å². The van der Waals surface area contributed by atoms with Crippen molar-refractivity contribution in [2.45, 2.75) is 20.0 Å². The molecule has 0 fully saturated rings. The molecule has 0 radical (unpaired) electrons. The van der Waals surface area contributed by atoms with Gasteiger partial charge >= 0.3 is 51.4 Å². The molecule has 0 heterocycles. The molecule has 1 atom stereocenters. The van der Waals surface area contributed by atoms with Crippen LogP contribution in [0.15, 0.2) is 0 Å². The fraction of sp³-hybridized carbons (Fsp3) is 1.00. The first-order valence-corrected chi connectivity index (χ1v) is 2.89. The van der Waals surface area contributed by atoms with Crippen LogP contribution in [-0.4, -0.2) is 14.9 Å². The molecule has 0 aromatic rings. The average Bonchev–Trinajstić information content (AvgIpc) is 1.27. The van der Waals surface area contributed by atoms with Gasteiger partial charge in [-0.15, -0.1) is 0 Å². The molecule has 8 heavy (non-hydrogen) atoms. The van der Waals surface area contributed by atoms with Crippen LogP contribution < -0.4 is 51.4 Å². The Balaban J connectivity index is 0. The van der Waals surface area contributed by atoms with E-state index in [-0.39, 0.29) is 57.5 Å². The van der Waals surface area contributed by atoms with Crippen molar-refractivity contribution in [3.8, 4) is 0 Å². The van der Waals surface area contributed by atoms with Crippen molar-refractivity contribution in [1.29, 1.82) is 0 Å². The summed E-state index contributed by atoms with van der Waals surface area (Å²) in [4.78, 5) is 0. The van der Waals surface area contributed by atoms with Gasteiger partial charge in [0.05, 0.1) is 17.5 Å². The van der Waals surface area contributed by atoms with Gasteiger partial charge in [-0.3, -0.25) is 4.18 Å². The molecule has 5 heteroatoms. The maximum atomic E-state index is 9.59. The fourth-order valence-corrected chi connectivity index (χ4v) is 0.471. The van der Waals surface area contributed by atoms with Crippen molar-refractivity contribution in [1.82, 2.24) is 0 Å². The molecule has 0 rings (SSSR count). The minimum absolute atomic E-state index is 0. The smallest absolute Gasteiger partial charge is 0.750 e. The quantitative estimate of drug-likeness (QED) is 0.326. The second-order valence-electron chi connectivity index (χ2n) is 1.35. The van der Waals surface area contributed by atoms with Gasteiger partial charge in [-0.1, -0.05) is 0 Å². The van der Waals surface area contributed by atoms with Gasteiger partial charge in [-0.05, 0) is 13.8 Å². The summed E-state index contributed by atoms with van der Waals surface area (Å²) in [6.45, 7) is 3.30. The van der Waals surface area contributed by atoms with E-state index < -0.39 is 11.4 Å². The molecule has 0 saturated carbocycles. The summed E-state index contributed by atoms with van der Waals surface area (Å²) in [6, 6.07) is 0. The summed E-state index contributed by atoms with van der Waals surface area (Å²) < 4.78 is 23.3. The van der Waals surface area contributed by atoms with Crippen LogP contribution in [0.5, 0.6) is 0 Å². The van der Waals surface area contributed by atoms with Crippen molar-refractivity contribution in [3.63, 3.8) is 0 Å². The molecule has 0 saturated heterocycles. The van der Waals surface area contributed by atoms with Gasteiger partial charge in [0.25, 0.3) is 0 Å².